The van der Waals surface area contributed by atoms with Gasteiger partial charge in [0.15, 0.2) is 6.61 Å². The van der Waals surface area contributed by atoms with Gasteiger partial charge >= 0.3 is 5.69 Å². The molecule has 0 bridgehead atoms. The van der Waals surface area contributed by atoms with Gasteiger partial charge < -0.3 is 9.84 Å². The Labute approximate surface area is 160 Å². The molecule has 2 rings (SSSR count). The van der Waals surface area contributed by atoms with E-state index in [-0.39, 0.29) is 17.2 Å². The molecule has 0 saturated carbocycles. The maximum atomic E-state index is 11.9. The summed E-state index contributed by atoms with van der Waals surface area (Å²) in [6.45, 7) is 5.47. The van der Waals surface area contributed by atoms with Crippen LogP contribution in [0.25, 0.3) is 0 Å². The number of ether oxygens (including phenoxy) is 1. The minimum absolute atomic E-state index is 0.000733. The highest BCUT2D eigenvalue weighted by molar-refractivity contribution is 6.31. The van der Waals surface area contributed by atoms with Crippen LogP contribution in [-0.2, 0) is 4.79 Å². The average Bonchev–Trinajstić information content (AvgIpc) is 2.60. The van der Waals surface area contributed by atoms with Crippen LogP contribution in [0.2, 0.25) is 5.02 Å². The van der Waals surface area contributed by atoms with E-state index in [0.29, 0.717) is 5.75 Å². The number of nitrogens with zero attached hydrogens (tertiary/aromatic N) is 2. The van der Waals surface area contributed by atoms with Crippen LogP contribution in [0.15, 0.2) is 29.4 Å². The third-order valence-corrected chi connectivity index (χ3v) is 4.11. The second-order valence-electron chi connectivity index (χ2n) is 5.86. The summed E-state index contributed by atoms with van der Waals surface area (Å²) in [6, 6.07) is 6.18. The van der Waals surface area contributed by atoms with Crippen LogP contribution < -0.4 is 10.2 Å². The molecule has 0 unspecified atom stereocenters. The van der Waals surface area contributed by atoms with E-state index >= 15 is 0 Å². The zero-order valence-electron chi connectivity index (χ0n) is 14.9. The zero-order chi connectivity index (χ0) is 20.1. The predicted octanol–water partition coefficient (Wildman–Crippen LogP) is 3.41. The number of phenolic OH excluding ortho intramolecular Hbond substituents is 1. The molecule has 2 aromatic carbocycles. The van der Waals surface area contributed by atoms with E-state index in [9.17, 15) is 20.0 Å². The van der Waals surface area contributed by atoms with Gasteiger partial charge in [-0.3, -0.25) is 14.9 Å². The van der Waals surface area contributed by atoms with Crippen LogP contribution in [0.1, 0.15) is 22.3 Å². The van der Waals surface area contributed by atoms with E-state index in [2.05, 4.69) is 10.5 Å². The Hall–Kier alpha value is -3.13. The standard InChI is InChI=1S/C18H18ClN3O5/c1-10-4-5-11(2)18(12(10)3)27-9-16(23)21-20-8-13-6-14(19)7-15(17(13)24)22(25)26/h4-8,24H,9H2,1-3H3,(H,21,23)/b20-8-. The van der Waals surface area contributed by atoms with Crippen molar-refractivity contribution >= 4 is 29.4 Å². The van der Waals surface area contributed by atoms with Crippen molar-refractivity contribution in [2.45, 2.75) is 20.8 Å². The molecule has 9 heteroatoms. The monoisotopic (exact) mass is 391 g/mol. The SMILES string of the molecule is Cc1ccc(C)c(OCC(=O)N/N=C\c2cc(Cl)cc([N+](=O)[O-])c2O)c1C. The molecule has 0 heterocycles. The van der Waals surface area contributed by atoms with Crippen LogP contribution in [0, 0.1) is 30.9 Å². The minimum atomic E-state index is -0.766. The topological polar surface area (TPSA) is 114 Å². The molecule has 1 amide bonds. The molecule has 0 aliphatic carbocycles. The number of hydrogen-bond acceptors (Lipinski definition) is 6. The Kier molecular flexibility index (Phi) is 6.36. The molecule has 0 aliphatic rings. The summed E-state index contributed by atoms with van der Waals surface area (Å²) in [5.41, 5.74) is 4.58. The van der Waals surface area contributed by atoms with Gasteiger partial charge in [-0.05, 0) is 43.5 Å². The Balaban J connectivity index is 2.02. The maximum absolute atomic E-state index is 11.9. The smallest absolute Gasteiger partial charge is 0.312 e. The third kappa shape index (κ3) is 4.95. The molecule has 0 saturated heterocycles. The Morgan fingerprint density at radius 1 is 1.33 bits per heavy atom. The third-order valence-electron chi connectivity index (χ3n) is 3.89. The van der Waals surface area contributed by atoms with E-state index < -0.39 is 22.3 Å². The minimum Gasteiger partial charge on any atom is -0.502 e. The number of nitro benzene ring substituents is 1. The number of hydrazone groups is 1. The van der Waals surface area contributed by atoms with Crippen LogP contribution in [0.5, 0.6) is 11.5 Å². The lowest BCUT2D eigenvalue weighted by Crippen LogP contribution is -2.25. The summed E-state index contributed by atoms with van der Waals surface area (Å²) in [5.74, 6) is -0.482. The quantitative estimate of drug-likeness (QED) is 0.445. The zero-order valence-corrected chi connectivity index (χ0v) is 15.7. The largest absolute Gasteiger partial charge is 0.502 e. The molecule has 0 atom stereocenters. The average molecular weight is 392 g/mol. The lowest BCUT2D eigenvalue weighted by Gasteiger charge is -2.13. The van der Waals surface area contributed by atoms with Gasteiger partial charge in [0.05, 0.1) is 11.1 Å². The van der Waals surface area contributed by atoms with Crippen LogP contribution in [-0.4, -0.2) is 28.8 Å². The second-order valence-corrected chi connectivity index (χ2v) is 6.29. The molecule has 2 N–H and O–H groups in total. The summed E-state index contributed by atoms with van der Waals surface area (Å²) in [6.07, 6.45) is 1.06. The van der Waals surface area contributed by atoms with Crippen molar-refractivity contribution in [2.24, 2.45) is 5.10 Å². The fraction of sp³-hybridized carbons (Fsp3) is 0.222. The number of amides is 1. The van der Waals surface area contributed by atoms with Crippen molar-refractivity contribution in [2.75, 3.05) is 6.61 Å². The first-order valence-corrected chi connectivity index (χ1v) is 8.27. The number of phenols is 1. The van der Waals surface area contributed by atoms with Gasteiger partial charge in [-0.2, -0.15) is 5.10 Å². The van der Waals surface area contributed by atoms with Gasteiger partial charge in [-0.25, -0.2) is 5.43 Å². The lowest BCUT2D eigenvalue weighted by atomic mass is 10.1. The van der Waals surface area contributed by atoms with Gasteiger partial charge in [-0.15, -0.1) is 0 Å². The lowest BCUT2D eigenvalue weighted by molar-refractivity contribution is -0.385. The number of carbonyl (C=O) groups is 1. The number of halogens is 1. The predicted molar refractivity (Wildman–Crippen MR) is 102 cm³/mol. The second kappa shape index (κ2) is 8.50. The fourth-order valence-corrected chi connectivity index (χ4v) is 2.56. The molecule has 8 nitrogen and oxygen atoms in total. The number of hydrogen-bond donors (Lipinski definition) is 2. The number of nitro groups is 1. The normalized spacial score (nSPS) is 10.8. The summed E-state index contributed by atoms with van der Waals surface area (Å²) in [4.78, 5) is 22.0. The Morgan fingerprint density at radius 2 is 2.00 bits per heavy atom. The number of nitrogens with one attached hydrogen (secondary N) is 1. The van der Waals surface area contributed by atoms with E-state index in [0.717, 1.165) is 29.0 Å². The fourth-order valence-electron chi connectivity index (χ4n) is 2.33. The van der Waals surface area contributed by atoms with E-state index in [1.54, 1.807) is 0 Å². The van der Waals surface area contributed by atoms with Crippen molar-refractivity contribution < 1.29 is 19.6 Å². The summed E-state index contributed by atoms with van der Waals surface area (Å²) < 4.78 is 5.56. The van der Waals surface area contributed by atoms with Crippen LogP contribution >= 0.6 is 11.6 Å². The summed E-state index contributed by atoms with van der Waals surface area (Å²) in [5, 5.41) is 24.5. The number of rotatable bonds is 6. The molecule has 142 valence electrons. The molecular formula is C18H18ClN3O5. The molecule has 0 spiro atoms. The number of benzene rings is 2. The van der Waals surface area contributed by atoms with Gasteiger partial charge in [0.2, 0.25) is 5.75 Å². The first-order chi connectivity index (χ1) is 12.7. The molecule has 0 radical (unpaired) electrons. The van der Waals surface area contributed by atoms with Gasteiger partial charge in [0.1, 0.15) is 5.75 Å². The van der Waals surface area contributed by atoms with Crippen LogP contribution in [0.4, 0.5) is 5.69 Å². The van der Waals surface area contributed by atoms with Gasteiger partial charge in [-0.1, -0.05) is 23.7 Å². The van der Waals surface area contributed by atoms with Gasteiger partial charge in [0, 0.05) is 16.7 Å². The first-order valence-electron chi connectivity index (χ1n) is 7.89. The van der Waals surface area contributed by atoms with Gasteiger partial charge in [0.25, 0.3) is 5.91 Å². The van der Waals surface area contributed by atoms with Crippen molar-refractivity contribution in [1.82, 2.24) is 5.43 Å². The van der Waals surface area contributed by atoms with Crippen molar-refractivity contribution in [3.63, 3.8) is 0 Å². The van der Waals surface area contributed by atoms with Crippen molar-refractivity contribution in [1.29, 1.82) is 0 Å². The van der Waals surface area contributed by atoms with E-state index in [1.165, 1.54) is 6.07 Å². The van der Waals surface area contributed by atoms with Crippen LogP contribution in [0.3, 0.4) is 0 Å². The first kappa shape index (κ1) is 20.2. The highest BCUT2D eigenvalue weighted by Gasteiger charge is 2.17. The van der Waals surface area contributed by atoms with E-state index in [1.807, 2.05) is 32.9 Å². The number of aromatic hydroxyl groups is 1. The molecule has 27 heavy (non-hydrogen) atoms. The van der Waals surface area contributed by atoms with Crippen molar-refractivity contribution in [3.05, 3.63) is 61.7 Å². The van der Waals surface area contributed by atoms with E-state index in [4.69, 9.17) is 16.3 Å². The molecule has 0 fully saturated rings. The molecule has 2 aromatic rings. The maximum Gasteiger partial charge on any atom is 0.312 e. The Morgan fingerprint density at radius 3 is 2.67 bits per heavy atom. The number of aryl methyl sites for hydroxylation is 2. The summed E-state index contributed by atoms with van der Waals surface area (Å²) in [7, 11) is 0. The van der Waals surface area contributed by atoms with Crippen molar-refractivity contribution in [3.8, 4) is 11.5 Å². The summed E-state index contributed by atoms with van der Waals surface area (Å²) >= 11 is 5.78. The Bertz CT molecular complexity index is 928. The highest BCUT2D eigenvalue weighted by Crippen LogP contribution is 2.32. The highest BCUT2D eigenvalue weighted by atomic mass is 35.5. The molecular weight excluding hydrogens is 374 g/mol. The number of carbonyl (C=O) groups excluding carboxylic acids is 1. The molecule has 0 aromatic heterocycles. The molecule has 0 aliphatic heterocycles.